The lowest BCUT2D eigenvalue weighted by Crippen LogP contribution is -2.39. The summed E-state index contributed by atoms with van der Waals surface area (Å²) in [7, 11) is 0.852. The van der Waals surface area contributed by atoms with Gasteiger partial charge in [-0.25, -0.2) is 21.9 Å². The number of amides is 2. The van der Waals surface area contributed by atoms with Gasteiger partial charge < -0.3 is 9.80 Å². The second-order valence-corrected chi connectivity index (χ2v) is 11.2. The molecule has 9 nitrogen and oxygen atoms in total. The van der Waals surface area contributed by atoms with Gasteiger partial charge in [0.15, 0.2) is 17.3 Å². The summed E-state index contributed by atoms with van der Waals surface area (Å²) in [6.07, 6.45) is 0.972. The summed E-state index contributed by atoms with van der Waals surface area (Å²) in [4.78, 5) is 39.5. The number of carbonyl (C=O) groups is 3. The Kier molecular flexibility index (Phi) is 6.71. The van der Waals surface area contributed by atoms with E-state index in [0.717, 1.165) is 10.7 Å². The van der Waals surface area contributed by atoms with Crippen LogP contribution in [0.5, 0.6) is 0 Å². The number of hydrogen-bond acceptors (Lipinski definition) is 6. The lowest BCUT2D eigenvalue weighted by Gasteiger charge is -2.33. The van der Waals surface area contributed by atoms with Crippen molar-refractivity contribution in [2.45, 2.75) is 50.5 Å². The van der Waals surface area contributed by atoms with Crippen LogP contribution in [0, 0.1) is 11.6 Å². The molecule has 188 valence electrons. The maximum atomic E-state index is 14.3. The third-order valence-corrected chi connectivity index (χ3v) is 7.92. The molecule has 0 spiro atoms. The standard InChI is InChI=1S/C22H23ClF2N4O5S/c1-12(30)28-10-7-16-18(11-28)29(13(2)31)26-20(16)22(32)27-8-5-14(6-9-27)15-3-4-17(24)19(25)21(15)35(23,33)34/h3-4,14H,5-11H2,1-2H3. The Bertz CT molecular complexity index is 1340. The van der Waals surface area contributed by atoms with Crippen LogP contribution in [-0.4, -0.2) is 65.4 Å². The third-order valence-electron chi connectivity index (χ3n) is 6.55. The highest BCUT2D eigenvalue weighted by atomic mass is 35.7. The molecule has 0 saturated carbocycles. The lowest BCUT2D eigenvalue weighted by atomic mass is 9.89. The van der Waals surface area contributed by atoms with Gasteiger partial charge in [-0.15, -0.1) is 0 Å². The number of benzene rings is 1. The Balaban J connectivity index is 1.57. The number of piperidine rings is 1. The lowest BCUT2D eigenvalue weighted by molar-refractivity contribution is -0.129. The van der Waals surface area contributed by atoms with Crippen molar-refractivity contribution in [3.63, 3.8) is 0 Å². The Morgan fingerprint density at radius 3 is 2.26 bits per heavy atom. The Hall–Kier alpha value is -2.86. The predicted octanol–water partition coefficient (Wildman–Crippen LogP) is 2.67. The minimum absolute atomic E-state index is 0.0774. The van der Waals surface area contributed by atoms with Gasteiger partial charge in [0.1, 0.15) is 4.90 Å². The minimum atomic E-state index is -4.53. The fourth-order valence-electron chi connectivity index (χ4n) is 4.78. The van der Waals surface area contributed by atoms with Crippen LogP contribution in [0.15, 0.2) is 17.0 Å². The van der Waals surface area contributed by atoms with Crippen LogP contribution in [-0.2, 0) is 26.8 Å². The number of halogens is 3. The van der Waals surface area contributed by atoms with E-state index in [0.29, 0.717) is 37.1 Å². The first-order valence-corrected chi connectivity index (χ1v) is 13.3. The molecule has 0 bridgehead atoms. The number of carbonyl (C=O) groups excluding carboxylic acids is 3. The number of fused-ring (bicyclic) bond motifs is 1. The van der Waals surface area contributed by atoms with Crippen molar-refractivity contribution in [2.75, 3.05) is 19.6 Å². The SMILES string of the molecule is CC(=O)N1CCc2c(C(=O)N3CCC(c4ccc(F)c(F)c4S(=O)(=O)Cl)CC3)nn(C(C)=O)c2C1. The van der Waals surface area contributed by atoms with Gasteiger partial charge in [0, 0.05) is 49.7 Å². The summed E-state index contributed by atoms with van der Waals surface area (Å²) >= 11 is 0. The maximum absolute atomic E-state index is 14.3. The Labute approximate surface area is 205 Å². The molecule has 0 N–H and O–H groups in total. The van der Waals surface area contributed by atoms with Crippen LogP contribution in [0.2, 0.25) is 0 Å². The smallest absolute Gasteiger partial charge is 0.274 e. The fourth-order valence-corrected chi connectivity index (χ4v) is 6.08. The van der Waals surface area contributed by atoms with Crippen LogP contribution in [0.4, 0.5) is 8.78 Å². The average Bonchev–Trinajstić information content (AvgIpc) is 3.18. The molecule has 0 unspecified atom stereocenters. The molecule has 2 aliphatic rings. The Morgan fingerprint density at radius 2 is 1.69 bits per heavy atom. The first-order valence-electron chi connectivity index (χ1n) is 11.0. The van der Waals surface area contributed by atoms with E-state index in [1.807, 2.05) is 0 Å². The van der Waals surface area contributed by atoms with E-state index in [4.69, 9.17) is 10.7 Å². The predicted molar refractivity (Wildman–Crippen MR) is 121 cm³/mol. The van der Waals surface area contributed by atoms with E-state index in [1.54, 1.807) is 4.90 Å². The molecule has 4 rings (SSSR count). The molecule has 1 fully saturated rings. The first kappa shape index (κ1) is 25.2. The minimum Gasteiger partial charge on any atom is -0.337 e. The zero-order valence-electron chi connectivity index (χ0n) is 19.1. The monoisotopic (exact) mass is 528 g/mol. The quantitative estimate of drug-likeness (QED) is 0.567. The van der Waals surface area contributed by atoms with Gasteiger partial charge in [-0.3, -0.25) is 14.4 Å². The van der Waals surface area contributed by atoms with E-state index in [2.05, 4.69) is 5.10 Å². The molecular formula is C22H23ClF2N4O5S. The molecule has 35 heavy (non-hydrogen) atoms. The molecular weight excluding hydrogens is 506 g/mol. The fraction of sp³-hybridized carbons (Fsp3) is 0.455. The maximum Gasteiger partial charge on any atom is 0.274 e. The van der Waals surface area contributed by atoms with Crippen LogP contribution in [0.25, 0.3) is 0 Å². The van der Waals surface area contributed by atoms with Gasteiger partial charge in [0.05, 0.1) is 12.2 Å². The second kappa shape index (κ2) is 9.30. The first-order chi connectivity index (χ1) is 16.4. The van der Waals surface area contributed by atoms with E-state index in [9.17, 15) is 31.6 Å². The van der Waals surface area contributed by atoms with Gasteiger partial charge in [-0.05, 0) is 36.8 Å². The van der Waals surface area contributed by atoms with Crippen LogP contribution in [0.3, 0.4) is 0 Å². The molecule has 13 heteroatoms. The summed E-state index contributed by atoms with van der Waals surface area (Å²) < 4.78 is 52.9. The molecule has 1 saturated heterocycles. The van der Waals surface area contributed by atoms with E-state index in [-0.39, 0.29) is 48.6 Å². The van der Waals surface area contributed by atoms with Crippen molar-refractivity contribution < 1.29 is 31.6 Å². The van der Waals surface area contributed by atoms with Gasteiger partial charge >= 0.3 is 0 Å². The molecule has 2 aliphatic heterocycles. The van der Waals surface area contributed by atoms with Crippen molar-refractivity contribution in [1.29, 1.82) is 0 Å². The highest BCUT2D eigenvalue weighted by molar-refractivity contribution is 8.13. The average molecular weight is 529 g/mol. The van der Waals surface area contributed by atoms with E-state index in [1.165, 1.54) is 24.8 Å². The molecule has 1 aromatic heterocycles. The molecule has 1 aromatic carbocycles. The largest absolute Gasteiger partial charge is 0.337 e. The van der Waals surface area contributed by atoms with Crippen molar-refractivity contribution >= 4 is 37.5 Å². The van der Waals surface area contributed by atoms with Gasteiger partial charge in [-0.2, -0.15) is 5.10 Å². The highest BCUT2D eigenvalue weighted by Gasteiger charge is 2.35. The molecule has 2 amide bonds. The Morgan fingerprint density at radius 1 is 1.03 bits per heavy atom. The van der Waals surface area contributed by atoms with Crippen molar-refractivity contribution in [2.24, 2.45) is 0 Å². The normalized spacial score (nSPS) is 16.8. The van der Waals surface area contributed by atoms with Crippen LogP contribution in [0.1, 0.15) is 64.7 Å². The van der Waals surface area contributed by atoms with Crippen LogP contribution < -0.4 is 0 Å². The summed E-state index contributed by atoms with van der Waals surface area (Å²) in [5.74, 6) is -4.18. The summed E-state index contributed by atoms with van der Waals surface area (Å²) in [6, 6.07) is 2.07. The highest BCUT2D eigenvalue weighted by Crippen LogP contribution is 2.36. The molecule has 2 aromatic rings. The number of likely N-dealkylation sites (tertiary alicyclic amines) is 1. The zero-order chi connectivity index (χ0) is 25.7. The topological polar surface area (TPSA) is 110 Å². The second-order valence-electron chi connectivity index (χ2n) is 8.68. The summed E-state index contributed by atoms with van der Waals surface area (Å²) in [5.41, 5.74) is 1.36. The number of aromatic nitrogens is 2. The van der Waals surface area contributed by atoms with Gasteiger partial charge in [0.2, 0.25) is 11.8 Å². The van der Waals surface area contributed by atoms with Crippen molar-refractivity contribution in [1.82, 2.24) is 19.6 Å². The molecule has 0 radical (unpaired) electrons. The van der Waals surface area contributed by atoms with Crippen LogP contribution >= 0.6 is 10.7 Å². The van der Waals surface area contributed by atoms with Gasteiger partial charge in [0.25, 0.3) is 15.0 Å². The molecule has 3 heterocycles. The number of nitrogens with zero attached hydrogens (tertiary/aromatic N) is 4. The molecule has 0 atom stereocenters. The van der Waals surface area contributed by atoms with E-state index < -0.39 is 31.5 Å². The van der Waals surface area contributed by atoms with Gasteiger partial charge in [-0.1, -0.05) is 6.07 Å². The van der Waals surface area contributed by atoms with Crippen molar-refractivity contribution in [3.05, 3.63) is 46.3 Å². The van der Waals surface area contributed by atoms with Crippen molar-refractivity contribution in [3.8, 4) is 0 Å². The third kappa shape index (κ3) is 4.68. The summed E-state index contributed by atoms with van der Waals surface area (Å²) in [5, 5.41) is 4.26. The molecule has 0 aliphatic carbocycles. The summed E-state index contributed by atoms with van der Waals surface area (Å²) in [6.45, 7) is 3.77. The van der Waals surface area contributed by atoms with E-state index >= 15 is 0 Å². The number of rotatable bonds is 3. The number of hydrogen-bond donors (Lipinski definition) is 0. The zero-order valence-corrected chi connectivity index (χ0v) is 20.6.